The Morgan fingerprint density at radius 1 is 1.30 bits per heavy atom. The van der Waals surface area contributed by atoms with Crippen LogP contribution in [0.4, 0.5) is 11.4 Å². The molecule has 0 aromatic heterocycles. The molecule has 8 heteroatoms. The van der Waals surface area contributed by atoms with Gasteiger partial charge in [-0.25, -0.2) is 0 Å². The van der Waals surface area contributed by atoms with Crippen molar-refractivity contribution in [2.75, 3.05) is 12.3 Å². The average molecular weight is 320 g/mol. The zero-order valence-electron chi connectivity index (χ0n) is 12.7. The zero-order valence-corrected chi connectivity index (χ0v) is 12.7. The van der Waals surface area contributed by atoms with Gasteiger partial charge < -0.3 is 16.4 Å². The lowest BCUT2D eigenvalue weighted by Crippen LogP contribution is -2.35. The number of nitro groups is 1. The second-order valence-electron chi connectivity index (χ2n) is 5.59. The number of nitrogens with two attached hydrogens (primary N) is 1. The summed E-state index contributed by atoms with van der Waals surface area (Å²) in [5.41, 5.74) is 5.32. The minimum absolute atomic E-state index is 0.00231. The fourth-order valence-electron chi connectivity index (χ4n) is 2.60. The van der Waals surface area contributed by atoms with Gasteiger partial charge in [0, 0.05) is 30.6 Å². The monoisotopic (exact) mass is 320 g/mol. The van der Waals surface area contributed by atoms with Gasteiger partial charge in [-0.1, -0.05) is 12.8 Å². The fourth-order valence-corrected chi connectivity index (χ4v) is 2.60. The summed E-state index contributed by atoms with van der Waals surface area (Å²) in [5, 5.41) is 16.3. The van der Waals surface area contributed by atoms with Crippen molar-refractivity contribution < 1.29 is 14.5 Å². The van der Waals surface area contributed by atoms with Crippen molar-refractivity contribution in [3.63, 3.8) is 0 Å². The molecule has 8 nitrogen and oxygen atoms in total. The number of nitrogens with one attached hydrogen (secondary N) is 2. The first kappa shape index (κ1) is 16.7. The molecular formula is C15H20N4O4. The molecule has 23 heavy (non-hydrogen) atoms. The second kappa shape index (κ2) is 7.57. The summed E-state index contributed by atoms with van der Waals surface area (Å²) in [6.45, 7) is 0.176. The summed E-state index contributed by atoms with van der Waals surface area (Å²) in [4.78, 5) is 33.9. The molecule has 1 fully saturated rings. The Hall–Kier alpha value is -2.64. The van der Waals surface area contributed by atoms with E-state index in [-0.39, 0.29) is 41.9 Å². The maximum absolute atomic E-state index is 12.0. The first-order valence-corrected chi connectivity index (χ1v) is 7.59. The molecule has 0 aliphatic heterocycles. The maximum atomic E-state index is 12.0. The smallest absolute Gasteiger partial charge is 0.292 e. The van der Waals surface area contributed by atoms with Crippen molar-refractivity contribution in [1.82, 2.24) is 10.6 Å². The van der Waals surface area contributed by atoms with Crippen LogP contribution < -0.4 is 16.4 Å². The minimum Gasteiger partial charge on any atom is -0.393 e. The Morgan fingerprint density at radius 2 is 2.00 bits per heavy atom. The highest BCUT2D eigenvalue weighted by Gasteiger charge is 2.18. The number of nitro benzene ring substituents is 1. The largest absolute Gasteiger partial charge is 0.393 e. The van der Waals surface area contributed by atoms with Crippen molar-refractivity contribution in [1.29, 1.82) is 0 Å². The van der Waals surface area contributed by atoms with Crippen molar-refractivity contribution in [3.05, 3.63) is 33.9 Å². The van der Waals surface area contributed by atoms with Crippen LogP contribution in [0.5, 0.6) is 0 Å². The van der Waals surface area contributed by atoms with E-state index in [0.717, 1.165) is 31.7 Å². The van der Waals surface area contributed by atoms with E-state index < -0.39 is 10.8 Å². The van der Waals surface area contributed by atoms with Gasteiger partial charge in [0.05, 0.1) is 4.92 Å². The fraction of sp³-hybridized carbons (Fsp3) is 0.467. The Kier molecular flexibility index (Phi) is 5.51. The third-order valence-electron chi connectivity index (χ3n) is 3.85. The van der Waals surface area contributed by atoms with Crippen LogP contribution in [0.2, 0.25) is 0 Å². The number of nitrogen functional groups attached to an aromatic ring is 1. The van der Waals surface area contributed by atoms with E-state index >= 15 is 0 Å². The highest BCUT2D eigenvalue weighted by Crippen LogP contribution is 2.22. The molecule has 1 aliphatic carbocycles. The minimum atomic E-state index is -0.638. The number of nitrogens with zero attached hydrogens (tertiary/aromatic N) is 1. The van der Waals surface area contributed by atoms with E-state index in [0.29, 0.717) is 0 Å². The van der Waals surface area contributed by atoms with Gasteiger partial charge in [0.1, 0.15) is 5.69 Å². The van der Waals surface area contributed by atoms with Crippen LogP contribution in [-0.2, 0) is 4.79 Å². The van der Waals surface area contributed by atoms with Crippen molar-refractivity contribution >= 4 is 23.2 Å². The zero-order chi connectivity index (χ0) is 16.8. The van der Waals surface area contributed by atoms with Crippen LogP contribution in [0.25, 0.3) is 0 Å². The molecule has 0 unspecified atom stereocenters. The van der Waals surface area contributed by atoms with Crippen LogP contribution in [0, 0.1) is 10.1 Å². The van der Waals surface area contributed by atoms with E-state index in [1.54, 1.807) is 0 Å². The van der Waals surface area contributed by atoms with Gasteiger partial charge >= 0.3 is 0 Å². The summed E-state index contributed by atoms with van der Waals surface area (Å²) >= 11 is 0. The molecule has 2 rings (SSSR count). The van der Waals surface area contributed by atoms with Crippen molar-refractivity contribution in [2.45, 2.75) is 38.1 Å². The summed E-state index contributed by atoms with van der Waals surface area (Å²) in [6, 6.07) is 4.11. The molecule has 4 N–H and O–H groups in total. The van der Waals surface area contributed by atoms with Crippen molar-refractivity contribution in [3.8, 4) is 0 Å². The number of rotatable bonds is 6. The van der Waals surface area contributed by atoms with Crippen LogP contribution in [-0.4, -0.2) is 29.3 Å². The van der Waals surface area contributed by atoms with Crippen LogP contribution in [0.15, 0.2) is 18.2 Å². The van der Waals surface area contributed by atoms with Crippen LogP contribution >= 0.6 is 0 Å². The molecule has 2 amide bonds. The normalized spacial score (nSPS) is 14.4. The summed E-state index contributed by atoms with van der Waals surface area (Å²) in [7, 11) is 0. The molecule has 124 valence electrons. The van der Waals surface area contributed by atoms with E-state index in [2.05, 4.69) is 10.6 Å². The molecule has 1 aromatic carbocycles. The first-order valence-electron chi connectivity index (χ1n) is 7.59. The molecule has 1 aliphatic rings. The number of carbonyl (C=O) groups excluding carboxylic acids is 2. The maximum Gasteiger partial charge on any atom is 0.292 e. The van der Waals surface area contributed by atoms with Crippen molar-refractivity contribution in [2.24, 2.45) is 0 Å². The Balaban J connectivity index is 1.81. The van der Waals surface area contributed by atoms with E-state index in [1.165, 1.54) is 12.1 Å². The lowest BCUT2D eigenvalue weighted by Gasteiger charge is -2.12. The molecule has 0 atom stereocenters. The highest BCUT2D eigenvalue weighted by molar-refractivity contribution is 5.95. The van der Waals surface area contributed by atoms with Gasteiger partial charge in [-0.3, -0.25) is 19.7 Å². The van der Waals surface area contributed by atoms with Gasteiger partial charge in [-0.15, -0.1) is 0 Å². The van der Waals surface area contributed by atoms with Gasteiger partial charge in [-0.05, 0) is 25.0 Å². The van der Waals surface area contributed by atoms with Gasteiger partial charge in [0.25, 0.3) is 11.6 Å². The van der Waals surface area contributed by atoms with Gasteiger partial charge in [-0.2, -0.15) is 0 Å². The average Bonchev–Trinajstić information content (AvgIpc) is 3.00. The summed E-state index contributed by atoms with van der Waals surface area (Å²) < 4.78 is 0. The predicted octanol–water partition coefficient (Wildman–Crippen LogP) is 1.36. The molecule has 1 aromatic rings. The number of anilines is 1. The predicted molar refractivity (Wildman–Crippen MR) is 84.9 cm³/mol. The third kappa shape index (κ3) is 4.67. The topological polar surface area (TPSA) is 127 Å². The molecular weight excluding hydrogens is 300 g/mol. The molecule has 0 heterocycles. The standard InChI is InChI=1S/C15H20N4O4/c16-12-6-5-10(9-13(12)19(22)23)15(21)17-8-7-14(20)18-11-3-1-2-4-11/h5-6,9,11H,1-4,7-8,16H2,(H,17,21)(H,18,20). The van der Waals surface area contributed by atoms with E-state index in [4.69, 9.17) is 5.73 Å². The third-order valence-corrected chi connectivity index (χ3v) is 3.85. The lowest BCUT2D eigenvalue weighted by atomic mass is 10.1. The SMILES string of the molecule is Nc1ccc(C(=O)NCCC(=O)NC2CCCC2)cc1[N+](=O)[O-]. The Labute approximate surface area is 133 Å². The van der Waals surface area contributed by atoms with Gasteiger partial charge in [0.2, 0.25) is 5.91 Å². The van der Waals surface area contributed by atoms with Gasteiger partial charge in [0.15, 0.2) is 0 Å². The number of hydrogen-bond donors (Lipinski definition) is 3. The Morgan fingerprint density at radius 3 is 2.65 bits per heavy atom. The molecule has 1 saturated carbocycles. The van der Waals surface area contributed by atoms with E-state index in [9.17, 15) is 19.7 Å². The van der Waals surface area contributed by atoms with Crippen LogP contribution in [0.3, 0.4) is 0 Å². The number of carbonyl (C=O) groups is 2. The number of benzene rings is 1. The highest BCUT2D eigenvalue weighted by atomic mass is 16.6. The number of hydrogen-bond acceptors (Lipinski definition) is 5. The molecule has 0 saturated heterocycles. The molecule has 0 radical (unpaired) electrons. The van der Waals surface area contributed by atoms with E-state index in [1.807, 2.05) is 0 Å². The lowest BCUT2D eigenvalue weighted by molar-refractivity contribution is -0.383. The first-order chi connectivity index (χ1) is 11.0. The second-order valence-corrected chi connectivity index (χ2v) is 5.59. The Bertz CT molecular complexity index is 611. The van der Waals surface area contributed by atoms with Crippen LogP contribution in [0.1, 0.15) is 42.5 Å². The summed E-state index contributed by atoms with van der Waals surface area (Å²) in [5.74, 6) is -0.567. The molecule has 0 bridgehead atoms. The molecule has 0 spiro atoms. The number of amides is 2. The summed E-state index contributed by atoms with van der Waals surface area (Å²) in [6.07, 6.45) is 4.47. The quantitative estimate of drug-likeness (QED) is 0.414.